The zero-order chi connectivity index (χ0) is 10.5. The Morgan fingerprint density at radius 3 is 2.38 bits per heavy atom. The Morgan fingerprint density at radius 2 is 2.00 bits per heavy atom. The Bertz CT molecular complexity index is 167. The molecule has 0 aliphatic carbocycles. The van der Waals surface area contributed by atoms with Crippen molar-refractivity contribution in [2.75, 3.05) is 34.3 Å². The fourth-order valence-corrected chi connectivity index (χ4v) is 0.919. The van der Waals surface area contributed by atoms with Crippen LogP contribution in [0, 0.1) is 0 Å². The van der Waals surface area contributed by atoms with Gasteiger partial charge in [-0.3, -0.25) is 4.79 Å². The molecule has 0 aromatic carbocycles. The van der Waals surface area contributed by atoms with Gasteiger partial charge in [0, 0.05) is 13.1 Å². The Labute approximate surface area is 80.2 Å². The number of methoxy groups -OCH3 is 1. The molecule has 0 fully saturated rings. The molecule has 0 aromatic rings. The number of nitrogens with one attached hydrogen (secondary N) is 1. The topological polar surface area (TPSA) is 41.6 Å². The quantitative estimate of drug-likeness (QED) is 0.621. The number of likely N-dealkylation sites (N-methyl/N-ethyl adjacent to an activating group) is 1. The van der Waals surface area contributed by atoms with Crippen LogP contribution in [0.2, 0.25) is 0 Å². The number of ether oxygens (including phenoxy) is 1. The Hall–Kier alpha value is -0.610. The molecule has 0 saturated heterocycles. The minimum absolute atomic E-state index is 0.230. The molecule has 0 aromatic heterocycles. The van der Waals surface area contributed by atoms with Crippen molar-refractivity contribution >= 4 is 5.97 Å². The van der Waals surface area contributed by atoms with Gasteiger partial charge in [0.15, 0.2) is 0 Å². The molecule has 0 amide bonds. The normalized spacial score (nSPS) is 11.8. The molecule has 0 bridgehead atoms. The summed E-state index contributed by atoms with van der Waals surface area (Å²) in [6.45, 7) is 5.30. The molecule has 0 heterocycles. The van der Waals surface area contributed by atoms with E-state index in [0.717, 1.165) is 13.1 Å². The monoisotopic (exact) mass is 188 g/mol. The number of hydrogen-bond donors (Lipinski definition) is 1. The van der Waals surface area contributed by atoms with Crippen molar-refractivity contribution in [1.29, 1.82) is 0 Å². The summed E-state index contributed by atoms with van der Waals surface area (Å²) in [6.07, 6.45) is 0. The van der Waals surface area contributed by atoms with E-state index in [-0.39, 0.29) is 5.97 Å². The first kappa shape index (κ1) is 12.4. The van der Waals surface area contributed by atoms with Gasteiger partial charge in [-0.25, -0.2) is 0 Å². The molecule has 0 aliphatic heterocycles. The molecule has 0 radical (unpaired) electrons. The second-order valence-electron chi connectivity index (χ2n) is 3.85. The lowest BCUT2D eigenvalue weighted by atomic mass is 10.1. The zero-order valence-electron chi connectivity index (χ0n) is 9.18. The van der Waals surface area contributed by atoms with Crippen LogP contribution in [0.15, 0.2) is 0 Å². The van der Waals surface area contributed by atoms with E-state index in [1.807, 2.05) is 27.9 Å². The summed E-state index contributed by atoms with van der Waals surface area (Å²) in [6, 6.07) is 0. The molecule has 0 spiro atoms. The Morgan fingerprint density at radius 1 is 1.46 bits per heavy atom. The lowest BCUT2D eigenvalue weighted by Crippen LogP contribution is -2.49. The molecular weight excluding hydrogens is 168 g/mol. The predicted molar refractivity (Wildman–Crippen MR) is 52.7 cm³/mol. The second kappa shape index (κ2) is 5.19. The fraction of sp³-hybridized carbons (Fsp3) is 0.889. The molecule has 13 heavy (non-hydrogen) atoms. The lowest BCUT2D eigenvalue weighted by Gasteiger charge is -2.24. The Balaban J connectivity index is 3.82. The van der Waals surface area contributed by atoms with Crippen LogP contribution >= 0.6 is 0 Å². The van der Waals surface area contributed by atoms with Gasteiger partial charge >= 0.3 is 5.97 Å². The highest BCUT2D eigenvalue weighted by molar-refractivity contribution is 5.79. The molecule has 0 saturated carbocycles. The van der Waals surface area contributed by atoms with Crippen LogP contribution in [-0.2, 0) is 9.53 Å². The van der Waals surface area contributed by atoms with Gasteiger partial charge in [0.25, 0.3) is 0 Å². The zero-order valence-corrected chi connectivity index (χ0v) is 9.18. The third-order valence-electron chi connectivity index (χ3n) is 1.82. The van der Waals surface area contributed by atoms with E-state index in [4.69, 9.17) is 0 Å². The number of nitrogens with zero attached hydrogens (tertiary/aromatic N) is 1. The summed E-state index contributed by atoms with van der Waals surface area (Å²) in [5.74, 6) is -0.230. The van der Waals surface area contributed by atoms with Gasteiger partial charge in [0.05, 0.1) is 7.11 Å². The minimum Gasteiger partial charge on any atom is -0.468 e. The van der Waals surface area contributed by atoms with Crippen LogP contribution in [0.4, 0.5) is 0 Å². The van der Waals surface area contributed by atoms with Crippen LogP contribution in [0.25, 0.3) is 0 Å². The van der Waals surface area contributed by atoms with E-state index in [2.05, 4.69) is 15.0 Å². The van der Waals surface area contributed by atoms with Crippen molar-refractivity contribution in [3.8, 4) is 0 Å². The molecule has 0 aliphatic rings. The van der Waals surface area contributed by atoms with Gasteiger partial charge in [-0.1, -0.05) is 0 Å². The molecular formula is C9H20N2O2. The molecule has 0 unspecified atom stereocenters. The largest absolute Gasteiger partial charge is 0.468 e. The molecule has 0 rings (SSSR count). The second-order valence-corrected chi connectivity index (χ2v) is 3.85. The molecule has 4 heteroatoms. The summed E-state index contributed by atoms with van der Waals surface area (Å²) in [5, 5.41) is 3.12. The van der Waals surface area contributed by atoms with Crippen molar-refractivity contribution in [2.24, 2.45) is 0 Å². The average Bonchev–Trinajstić information content (AvgIpc) is 2.01. The van der Waals surface area contributed by atoms with Gasteiger partial charge in [-0.05, 0) is 27.9 Å². The lowest BCUT2D eigenvalue weighted by molar-refractivity contribution is -0.147. The van der Waals surface area contributed by atoms with Crippen molar-refractivity contribution in [1.82, 2.24) is 10.2 Å². The van der Waals surface area contributed by atoms with Crippen LogP contribution in [0.1, 0.15) is 13.8 Å². The molecule has 0 atom stereocenters. The van der Waals surface area contributed by atoms with Crippen molar-refractivity contribution in [3.63, 3.8) is 0 Å². The standard InChI is InChI=1S/C9H20N2O2/c1-9(2,8(12)13-5)10-6-7-11(3)4/h10H,6-7H2,1-5H3. The number of carbonyl (C=O) groups excluding carboxylic acids is 1. The summed E-state index contributed by atoms with van der Waals surface area (Å²) >= 11 is 0. The van der Waals surface area contributed by atoms with Gasteiger partial charge < -0.3 is 15.0 Å². The average molecular weight is 188 g/mol. The van der Waals surface area contributed by atoms with Crippen molar-refractivity contribution < 1.29 is 9.53 Å². The maximum absolute atomic E-state index is 11.2. The van der Waals surface area contributed by atoms with Gasteiger partial charge in [0.2, 0.25) is 0 Å². The van der Waals surface area contributed by atoms with E-state index in [1.54, 1.807) is 0 Å². The van der Waals surface area contributed by atoms with E-state index in [0.29, 0.717) is 0 Å². The van der Waals surface area contributed by atoms with Crippen LogP contribution in [-0.4, -0.2) is 50.7 Å². The van der Waals surface area contributed by atoms with E-state index >= 15 is 0 Å². The third-order valence-corrected chi connectivity index (χ3v) is 1.82. The number of hydrogen-bond acceptors (Lipinski definition) is 4. The van der Waals surface area contributed by atoms with Crippen LogP contribution in [0.3, 0.4) is 0 Å². The van der Waals surface area contributed by atoms with Crippen molar-refractivity contribution in [2.45, 2.75) is 19.4 Å². The summed E-state index contributed by atoms with van der Waals surface area (Å²) in [5.41, 5.74) is -0.592. The molecule has 78 valence electrons. The summed E-state index contributed by atoms with van der Waals surface area (Å²) < 4.78 is 4.66. The minimum atomic E-state index is -0.592. The summed E-state index contributed by atoms with van der Waals surface area (Å²) in [4.78, 5) is 13.3. The SMILES string of the molecule is COC(=O)C(C)(C)NCCN(C)C. The maximum atomic E-state index is 11.2. The molecule has 1 N–H and O–H groups in total. The highest BCUT2D eigenvalue weighted by Crippen LogP contribution is 2.03. The Kier molecular flexibility index (Phi) is 4.95. The maximum Gasteiger partial charge on any atom is 0.325 e. The fourth-order valence-electron chi connectivity index (χ4n) is 0.919. The first-order valence-corrected chi connectivity index (χ1v) is 4.38. The third kappa shape index (κ3) is 4.85. The molecule has 4 nitrogen and oxygen atoms in total. The first-order valence-electron chi connectivity index (χ1n) is 4.38. The van der Waals surface area contributed by atoms with E-state index in [1.165, 1.54) is 7.11 Å². The smallest absolute Gasteiger partial charge is 0.325 e. The number of esters is 1. The van der Waals surface area contributed by atoms with Gasteiger partial charge in [0.1, 0.15) is 5.54 Å². The van der Waals surface area contributed by atoms with Crippen LogP contribution in [0.5, 0.6) is 0 Å². The number of carbonyl (C=O) groups is 1. The van der Waals surface area contributed by atoms with Crippen molar-refractivity contribution in [3.05, 3.63) is 0 Å². The predicted octanol–water partition coefficient (Wildman–Crippen LogP) is 0.0892. The number of rotatable bonds is 5. The van der Waals surface area contributed by atoms with Gasteiger partial charge in [-0.15, -0.1) is 0 Å². The first-order chi connectivity index (χ1) is 5.90. The summed E-state index contributed by atoms with van der Waals surface area (Å²) in [7, 11) is 5.39. The van der Waals surface area contributed by atoms with E-state index in [9.17, 15) is 4.79 Å². The van der Waals surface area contributed by atoms with Gasteiger partial charge in [-0.2, -0.15) is 0 Å². The van der Waals surface area contributed by atoms with Crippen LogP contribution < -0.4 is 5.32 Å². The highest BCUT2D eigenvalue weighted by atomic mass is 16.5. The van der Waals surface area contributed by atoms with E-state index < -0.39 is 5.54 Å². The highest BCUT2D eigenvalue weighted by Gasteiger charge is 2.27.